The molecule has 9 heteroatoms. The van der Waals surface area contributed by atoms with Gasteiger partial charge in [0.05, 0.1) is 32.3 Å². The number of alkyl halides is 2. The minimum atomic E-state index is -2.89. The van der Waals surface area contributed by atoms with Crippen LogP contribution in [0.15, 0.2) is 54.9 Å². The number of halogens is 2. The van der Waals surface area contributed by atoms with E-state index in [0.717, 1.165) is 5.56 Å². The number of amides is 1. The van der Waals surface area contributed by atoms with Gasteiger partial charge in [0.1, 0.15) is 22.9 Å². The Kier molecular flexibility index (Phi) is 7.31. The molecule has 0 aliphatic rings. The average Bonchev–Trinajstić information content (AvgIpc) is 2.79. The van der Waals surface area contributed by atoms with E-state index in [1.807, 2.05) is 12.1 Å². The highest BCUT2D eigenvalue weighted by atomic mass is 19.3. The molecule has 0 aliphatic heterocycles. The molecule has 2 aromatic carbocycles. The molecule has 1 aromatic heterocycles. The maximum atomic E-state index is 12.5. The third kappa shape index (κ3) is 6.11. The van der Waals surface area contributed by atoms with Gasteiger partial charge in [0, 0.05) is 18.2 Å². The normalized spacial score (nSPS) is 10.6. The smallest absolute Gasteiger partial charge is 0.387 e. The largest absolute Gasteiger partial charge is 0.497 e. The Morgan fingerprint density at radius 2 is 1.68 bits per heavy atom. The standard InChI is InChI=1S/C22H21F2N3O4/c1-29-17-9-14(10-18(11-17)30-2)7-8-26-21(28)20-13-25-12-19(27-20)15-3-5-16(6-4-15)31-22(23)24/h3-6,9-13,22H,7-8H2,1-2H3,(H,26,28). The van der Waals surface area contributed by atoms with Gasteiger partial charge in [-0.3, -0.25) is 9.78 Å². The summed E-state index contributed by atoms with van der Waals surface area (Å²) in [5, 5.41) is 2.81. The third-order valence-electron chi connectivity index (χ3n) is 4.35. The molecule has 1 N–H and O–H groups in total. The van der Waals surface area contributed by atoms with E-state index in [9.17, 15) is 13.6 Å². The van der Waals surface area contributed by atoms with Gasteiger partial charge in [0.15, 0.2) is 0 Å². The van der Waals surface area contributed by atoms with E-state index < -0.39 is 6.61 Å². The number of methoxy groups -OCH3 is 2. The molecule has 3 aromatic rings. The first kappa shape index (κ1) is 21.9. The lowest BCUT2D eigenvalue weighted by atomic mass is 10.1. The molecular formula is C22H21F2N3O4. The van der Waals surface area contributed by atoms with Crippen LogP contribution >= 0.6 is 0 Å². The van der Waals surface area contributed by atoms with Crippen LogP contribution in [0.1, 0.15) is 16.1 Å². The number of hydrogen-bond donors (Lipinski definition) is 1. The first-order valence-electron chi connectivity index (χ1n) is 9.36. The van der Waals surface area contributed by atoms with Crippen molar-refractivity contribution < 1.29 is 27.8 Å². The van der Waals surface area contributed by atoms with Crippen molar-refractivity contribution in [2.75, 3.05) is 20.8 Å². The van der Waals surface area contributed by atoms with Gasteiger partial charge in [-0.25, -0.2) is 4.98 Å². The van der Waals surface area contributed by atoms with Gasteiger partial charge in [-0.15, -0.1) is 0 Å². The zero-order valence-electron chi connectivity index (χ0n) is 17.0. The number of aromatic nitrogens is 2. The first-order valence-corrected chi connectivity index (χ1v) is 9.36. The van der Waals surface area contributed by atoms with E-state index in [0.29, 0.717) is 35.7 Å². The molecular weight excluding hydrogens is 408 g/mol. The number of rotatable bonds is 9. The van der Waals surface area contributed by atoms with Crippen LogP contribution in [0.4, 0.5) is 8.78 Å². The Balaban J connectivity index is 1.63. The molecule has 0 fully saturated rings. The van der Waals surface area contributed by atoms with E-state index in [-0.39, 0.29) is 17.4 Å². The molecule has 162 valence electrons. The summed E-state index contributed by atoms with van der Waals surface area (Å²) in [7, 11) is 3.15. The van der Waals surface area contributed by atoms with Crippen molar-refractivity contribution in [3.63, 3.8) is 0 Å². The number of carbonyl (C=O) groups excluding carboxylic acids is 1. The fraction of sp³-hybridized carbons (Fsp3) is 0.227. The van der Waals surface area contributed by atoms with Crippen molar-refractivity contribution in [3.8, 4) is 28.5 Å². The molecule has 0 saturated carbocycles. The van der Waals surface area contributed by atoms with Gasteiger partial charge in [-0.05, 0) is 48.4 Å². The summed E-state index contributed by atoms with van der Waals surface area (Å²) in [4.78, 5) is 20.8. The highest BCUT2D eigenvalue weighted by molar-refractivity contribution is 5.92. The number of benzene rings is 2. The maximum Gasteiger partial charge on any atom is 0.387 e. The van der Waals surface area contributed by atoms with Crippen molar-refractivity contribution in [3.05, 3.63) is 66.1 Å². The van der Waals surface area contributed by atoms with E-state index in [2.05, 4.69) is 20.0 Å². The molecule has 0 atom stereocenters. The zero-order valence-corrected chi connectivity index (χ0v) is 17.0. The third-order valence-corrected chi connectivity index (χ3v) is 4.35. The topological polar surface area (TPSA) is 82.6 Å². The van der Waals surface area contributed by atoms with Crippen molar-refractivity contribution in [2.24, 2.45) is 0 Å². The van der Waals surface area contributed by atoms with Crippen LogP contribution in [0.2, 0.25) is 0 Å². The van der Waals surface area contributed by atoms with Gasteiger partial charge in [0.25, 0.3) is 5.91 Å². The zero-order chi connectivity index (χ0) is 22.2. The van der Waals surface area contributed by atoms with Crippen LogP contribution in [0.5, 0.6) is 17.2 Å². The molecule has 1 heterocycles. The summed E-state index contributed by atoms with van der Waals surface area (Å²) in [6.07, 6.45) is 3.42. The maximum absolute atomic E-state index is 12.5. The summed E-state index contributed by atoms with van der Waals surface area (Å²) in [6.45, 7) is -2.52. The fourth-order valence-corrected chi connectivity index (χ4v) is 2.84. The van der Waals surface area contributed by atoms with Crippen LogP contribution in [-0.4, -0.2) is 43.3 Å². The lowest BCUT2D eigenvalue weighted by Gasteiger charge is -2.10. The molecule has 0 saturated heterocycles. The monoisotopic (exact) mass is 429 g/mol. The van der Waals surface area contributed by atoms with Crippen molar-refractivity contribution >= 4 is 5.91 Å². The molecule has 0 aliphatic carbocycles. The van der Waals surface area contributed by atoms with Crippen molar-refractivity contribution in [2.45, 2.75) is 13.0 Å². The van der Waals surface area contributed by atoms with Crippen LogP contribution in [0.25, 0.3) is 11.3 Å². The second-order valence-corrected chi connectivity index (χ2v) is 6.42. The predicted octanol–water partition coefficient (Wildman–Crippen LogP) is 3.73. The Bertz CT molecular complexity index is 1010. The first-order chi connectivity index (χ1) is 15.0. The Morgan fingerprint density at radius 3 is 2.29 bits per heavy atom. The molecule has 0 bridgehead atoms. The van der Waals surface area contributed by atoms with Crippen LogP contribution in [-0.2, 0) is 6.42 Å². The molecule has 0 unspecified atom stereocenters. The van der Waals surface area contributed by atoms with Gasteiger partial charge >= 0.3 is 6.61 Å². The molecule has 0 spiro atoms. The van der Waals surface area contributed by atoms with Crippen LogP contribution in [0, 0.1) is 0 Å². The Labute approximate surface area is 178 Å². The van der Waals surface area contributed by atoms with Crippen LogP contribution < -0.4 is 19.5 Å². The number of nitrogens with one attached hydrogen (secondary N) is 1. The number of carbonyl (C=O) groups is 1. The Hall–Kier alpha value is -3.75. The quantitative estimate of drug-likeness (QED) is 0.558. The van der Waals surface area contributed by atoms with E-state index in [1.165, 1.54) is 24.5 Å². The van der Waals surface area contributed by atoms with E-state index >= 15 is 0 Å². The molecule has 3 rings (SSSR count). The second kappa shape index (κ2) is 10.3. The number of ether oxygens (including phenoxy) is 3. The molecule has 0 radical (unpaired) electrons. The summed E-state index contributed by atoms with van der Waals surface area (Å²) in [5.74, 6) is 1.00. The van der Waals surface area contributed by atoms with Gasteiger partial charge in [0.2, 0.25) is 0 Å². The SMILES string of the molecule is COc1cc(CCNC(=O)c2cncc(-c3ccc(OC(F)F)cc3)n2)cc(OC)c1. The number of nitrogens with zero attached hydrogens (tertiary/aromatic N) is 2. The van der Waals surface area contributed by atoms with Gasteiger partial charge in [-0.1, -0.05) is 0 Å². The fourth-order valence-electron chi connectivity index (χ4n) is 2.84. The molecule has 1 amide bonds. The summed E-state index contributed by atoms with van der Waals surface area (Å²) in [5.41, 5.74) is 2.15. The summed E-state index contributed by atoms with van der Waals surface area (Å²) in [6, 6.07) is 11.5. The lowest BCUT2D eigenvalue weighted by molar-refractivity contribution is -0.0498. The van der Waals surface area contributed by atoms with Gasteiger partial charge in [-0.2, -0.15) is 8.78 Å². The Morgan fingerprint density at radius 1 is 1.00 bits per heavy atom. The minimum absolute atomic E-state index is 0.0368. The number of hydrogen-bond acceptors (Lipinski definition) is 6. The molecule has 31 heavy (non-hydrogen) atoms. The second-order valence-electron chi connectivity index (χ2n) is 6.42. The highest BCUT2D eigenvalue weighted by Crippen LogP contribution is 2.23. The lowest BCUT2D eigenvalue weighted by Crippen LogP contribution is -2.26. The summed E-state index contributed by atoms with van der Waals surface area (Å²) < 4.78 is 39.4. The van der Waals surface area contributed by atoms with Crippen molar-refractivity contribution in [1.82, 2.24) is 15.3 Å². The highest BCUT2D eigenvalue weighted by Gasteiger charge is 2.11. The van der Waals surface area contributed by atoms with Crippen LogP contribution in [0.3, 0.4) is 0 Å². The van der Waals surface area contributed by atoms with E-state index in [1.54, 1.807) is 32.4 Å². The van der Waals surface area contributed by atoms with E-state index in [4.69, 9.17) is 9.47 Å². The van der Waals surface area contributed by atoms with Crippen molar-refractivity contribution in [1.29, 1.82) is 0 Å². The summed E-state index contributed by atoms with van der Waals surface area (Å²) >= 11 is 0. The minimum Gasteiger partial charge on any atom is -0.497 e. The van der Waals surface area contributed by atoms with Gasteiger partial charge < -0.3 is 19.5 Å². The predicted molar refractivity (Wildman–Crippen MR) is 110 cm³/mol. The molecule has 7 nitrogen and oxygen atoms in total. The average molecular weight is 429 g/mol.